The highest BCUT2D eigenvalue weighted by Crippen LogP contribution is 2.16. The number of nitrogens with one attached hydrogen (secondary N) is 1. The standard InChI is InChI=1S/C10H13NO3S/c1-8(9-2-4-14-6-9)11-10-3-5-15(12,13)7-10/h2-6,8,10-11H,7H2,1H3. The Balaban J connectivity index is 1.97. The molecule has 2 rings (SSSR count). The molecule has 5 heteroatoms. The Morgan fingerprint density at radius 3 is 2.93 bits per heavy atom. The first-order chi connectivity index (χ1) is 7.07. The molecule has 0 spiro atoms. The molecule has 0 aliphatic carbocycles. The van der Waals surface area contributed by atoms with Crippen LogP contribution in [0.25, 0.3) is 0 Å². The van der Waals surface area contributed by atoms with E-state index in [9.17, 15) is 8.42 Å². The fourth-order valence-corrected chi connectivity index (χ4v) is 2.87. The van der Waals surface area contributed by atoms with Crippen molar-refractivity contribution in [1.29, 1.82) is 0 Å². The zero-order valence-electron chi connectivity index (χ0n) is 8.38. The van der Waals surface area contributed by atoms with Crippen molar-refractivity contribution >= 4 is 9.84 Å². The van der Waals surface area contributed by atoms with Gasteiger partial charge in [-0.15, -0.1) is 0 Å². The van der Waals surface area contributed by atoms with Crippen molar-refractivity contribution in [2.24, 2.45) is 0 Å². The minimum atomic E-state index is -2.98. The van der Waals surface area contributed by atoms with E-state index in [0.717, 1.165) is 5.56 Å². The molecule has 0 fully saturated rings. The Hall–Kier alpha value is -1.07. The third-order valence-electron chi connectivity index (χ3n) is 2.44. The summed E-state index contributed by atoms with van der Waals surface area (Å²) in [6.45, 7) is 1.98. The van der Waals surface area contributed by atoms with Gasteiger partial charge in [-0.25, -0.2) is 8.42 Å². The predicted molar refractivity (Wildman–Crippen MR) is 57.0 cm³/mol. The minimum absolute atomic E-state index is 0.0895. The average molecular weight is 227 g/mol. The molecule has 15 heavy (non-hydrogen) atoms. The van der Waals surface area contributed by atoms with Crippen molar-refractivity contribution in [2.45, 2.75) is 19.0 Å². The van der Waals surface area contributed by atoms with E-state index < -0.39 is 9.84 Å². The minimum Gasteiger partial charge on any atom is -0.472 e. The lowest BCUT2D eigenvalue weighted by Crippen LogP contribution is -2.32. The van der Waals surface area contributed by atoms with Gasteiger partial charge in [0.1, 0.15) is 0 Å². The summed E-state index contributed by atoms with van der Waals surface area (Å²) in [7, 11) is -2.98. The first kappa shape index (κ1) is 10.4. The Morgan fingerprint density at radius 2 is 2.40 bits per heavy atom. The smallest absolute Gasteiger partial charge is 0.173 e. The highest BCUT2D eigenvalue weighted by molar-refractivity contribution is 7.94. The molecule has 0 bridgehead atoms. The van der Waals surface area contributed by atoms with Gasteiger partial charge < -0.3 is 9.73 Å². The number of hydrogen-bond acceptors (Lipinski definition) is 4. The Bertz CT molecular complexity index is 447. The number of sulfone groups is 1. The van der Waals surface area contributed by atoms with Crippen LogP contribution >= 0.6 is 0 Å². The molecule has 82 valence electrons. The second-order valence-corrected chi connectivity index (χ2v) is 5.64. The zero-order chi connectivity index (χ0) is 10.9. The molecule has 0 aromatic carbocycles. The summed E-state index contributed by atoms with van der Waals surface area (Å²) in [5.41, 5.74) is 1.02. The average Bonchev–Trinajstić information content (AvgIpc) is 2.74. The molecule has 1 aliphatic rings. The molecule has 0 amide bonds. The molecule has 1 aliphatic heterocycles. The van der Waals surface area contributed by atoms with E-state index in [1.54, 1.807) is 18.6 Å². The van der Waals surface area contributed by atoms with Gasteiger partial charge in [-0.2, -0.15) is 0 Å². The summed E-state index contributed by atoms with van der Waals surface area (Å²) >= 11 is 0. The molecule has 2 atom stereocenters. The molecule has 2 heterocycles. The van der Waals surface area contributed by atoms with Crippen LogP contribution in [0.4, 0.5) is 0 Å². The lowest BCUT2D eigenvalue weighted by atomic mass is 10.1. The van der Waals surface area contributed by atoms with Crippen LogP contribution in [0.5, 0.6) is 0 Å². The molecule has 1 aromatic rings. The largest absolute Gasteiger partial charge is 0.472 e. The summed E-state index contributed by atoms with van der Waals surface area (Å²) in [4.78, 5) is 0. The summed E-state index contributed by atoms with van der Waals surface area (Å²) in [6, 6.07) is 1.86. The summed E-state index contributed by atoms with van der Waals surface area (Å²) < 4.78 is 27.3. The third-order valence-corrected chi connectivity index (χ3v) is 3.83. The molecular weight excluding hydrogens is 214 g/mol. The topological polar surface area (TPSA) is 59.3 Å². The molecule has 2 unspecified atom stereocenters. The van der Waals surface area contributed by atoms with E-state index in [1.165, 1.54) is 5.41 Å². The molecular formula is C10H13NO3S. The van der Waals surface area contributed by atoms with Crippen molar-refractivity contribution in [3.63, 3.8) is 0 Å². The van der Waals surface area contributed by atoms with E-state index in [2.05, 4.69) is 5.32 Å². The molecule has 0 saturated heterocycles. The number of furan rings is 1. The maximum Gasteiger partial charge on any atom is 0.173 e. The zero-order valence-corrected chi connectivity index (χ0v) is 9.20. The molecule has 4 nitrogen and oxygen atoms in total. The van der Waals surface area contributed by atoms with Crippen LogP contribution in [0.2, 0.25) is 0 Å². The van der Waals surface area contributed by atoms with E-state index in [-0.39, 0.29) is 17.8 Å². The van der Waals surface area contributed by atoms with Crippen LogP contribution in [0.1, 0.15) is 18.5 Å². The second kappa shape index (κ2) is 3.83. The van der Waals surface area contributed by atoms with E-state index in [1.807, 2.05) is 13.0 Å². The van der Waals surface area contributed by atoms with Gasteiger partial charge >= 0.3 is 0 Å². The van der Waals surface area contributed by atoms with Crippen molar-refractivity contribution in [2.75, 3.05) is 5.75 Å². The summed E-state index contributed by atoms with van der Waals surface area (Å²) in [6.07, 6.45) is 4.95. The van der Waals surface area contributed by atoms with Crippen LogP contribution in [-0.2, 0) is 9.84 Å². The Labute approximate surface area is 88.9 Å². The van der Waals surface area contributed by atoms with Gasteiger partial charge in [0.2, 0.25) is 0 Å². The van der Waals surface area contributed by atoms with E-state index in [0.29, 0.717) is 0 Å². The van der Waals surface area contributed by atoms with Gasteiger partial charge in [0, 0.05) is 23.1 Å². The fourth-order valence-electron chi connectivity index (χ4n) is 1.62. The third kappa shape index (κ3) is 2.49. The Kier molecular flexibility index (Phi) is 2.67. The van der Waals surface area contributed by atoms with Crippen molar-refractivity contribution in [1.82, 2.24) is 5.32 Å². The first-order valence-electron chi connectivity index (χ1n) is 4.76. The maximum absolute atomic E-state index is 11.2. The predicted octanol–water partition coefficient (Wildman–Crippen LogP) is 1.24. The maximum atomic E-state index is 11.2. The summed E-state index contributed by atoms with van der Waals surface area (Å²) in [5, 5.41) is 4.48. The van der Waals surface area contributed by atoms with Gasteiger partial charge in [0.25, 0.3) is 0 Å². The lowest BCUT2D eigenvalue weighted by molar-refractivity contribution is 0.519. The normalized spacial score (nSPS) is 25.5. The van der Waals surface area contributed by atoms with Crippen molar-refractivity contribution in [3.05, 3.63) is 35.6 Å². The monoisotopic (exact) mass is 227 g/mol. The molecule has 0 saturated carbocycles. The van der Waals surface area contributed by atoms with Gasteiger partial charge in [-0.05, 0) is 13.0 Å². The van der Waals surface area contributed by atoms with Gasteiger partial charge in [0.05, 0.1) is 18.3 Å². The number of hydrogen-bond donors (Lipinski definition) is 1. The van der Waals surface area contributed by atoms with Gasteiger partial charge in [0.15, 0.2) is 9.84 Å². The molecule has 1 aromatic heterocycles. The second-order valence-electron chi connectivity index (χ2n) is 3.71. The fraction of sp³-hybridized carbons (Fsp3) is 0.400. The lowest BCUT2D eigenvalue weighted by Gasteiger charge is -2.15. The quantitative estimate of drug-likeness (QED) is 0.844. The van der Waals surface area contributed by atoms with Gasteiger partial charge in [-0.3, -0.25) is 0 Å². The highest BCUT2D eigenvalue weighted by atomic mass is 32.2. The van der Waals surface area contributed by atoms with Crippen LogP contribution < -0.4 is 5.32 Å². The highest BCUT2D eigenvalue weighted by Gasteiger charge is 2.23. The molecule has 1 N–H and O–H groups in total. The van der Waals surface area contributed by atoms with Crippen molar-refractivity contribution < 1.29 is 12.8 Å². The first-order valence-corrected chi connectivity index (χ1v) is 6.47. The van der Waals surface area contributed by atoms with Crippen LogP contribution in [0, 0.1) is 0 Å². The van der Waals surface area contributed by atoms with Crippen LogP contribution in [0.15, 0.2) is 34.5 Å². The van der Waals surface area contributed by atoms with Gasteiger partial charge in [-0.1, -0.05) is 6.08 Å². The van der Waals surface area contributed by atoms with Crippen LogP contribution in [0.3, 0.4) is 0 Å². The number of rotatable bonds is 3. The van der Waals surface area contributed by atoms with Crippen molar-refractivity contribution in [3.8, 4) is 0 Å². The Morgan fingerprint density at radius 1 is 1.60 bits per heavy atom. The van der Waals surface area contributed by atoms with Crippen LogP contribution in [-0.4, -0.2) is 20.2 Å². The van der Waals surface area contributed by atoms with E-state index in [4.69, 9.17) is 4.42 Å². The molecule has 0 radical (unpaired) electrons. The van der Waals surface area contributed by atoms with E-state index >= 15 is 0 Å². The SMILES string of the molecule is CC(NC1C=CS(=O)(=O)C1)c1ccoc1. The summed E-state index contributed by atoms with van der Waals surface area (Å²) in [5.74, 6) is 0.148.